The van der Waals surface area contributed by atoms with Crippen molar-refractivity contribution in [3.8, 4) is 5.75 Å². The second-order valence-electron chi connectivity index (χ2n) is 6.63. The molecule has 0 saturated heterocycles. The summed E-state index contributed by atoms with van der Waals surface area (Å²) < 4.78 is 5.68. The first-order valence-electron chi connectivity index (χ1n) is 7.40. The topological polar surface area (TPSA) is 41.6 Å². The lowest BCUT2D eigenvalue weighted by Crippen LogP contribution is -2.39. The Morgan fingerprint density at radius 3 is 2.29 bits per heavy atom. The van der Waals surface area contributed by atoms with Crippen LogP contribution in [0.2, 0.25) is 0 Å². The highest BCUT2D eigenvalue weighted by Crippen LogP contribution is 2.24. The summed E-state index contributed by atoms with van der Waals surface area (Å²) in [6, 6.07) is 7.94. The molecule has 0 spiro atoms. The average molecular weight is 292 g/mol. The van der Waals surface area contributed by atoms with Crippen molar-refractivity contribution in [2.45, 2.75) is 39.2 Å². The molecule has 0 fully saturated rings. The number of benzene rings is 1. The van der Waals surface area contributed by atoms with Crippen molar-refractivity contribution in [3.05, 3.63) is 29.8 Å². The van der Waals surface area contributed by atoms with Crippen LogP contribution in [-0.4, -0.2) is 44.1 Å². The van der Waals surface area contributed by atoms with Gasteiger partial charge in [-0.15, -0.1) is 0 Å². The summed E-state index contributed by atoms with van der Waals surface area (Å²) in [7, 11) is 3.95. The Labute approximate surface area is 128 Å². The van der Waals surface area contributed by atoms with Gasteiger partial charge in [0, 0.05) is 13.1 Å². The average Bonchev–Trinajstić information content (AvgIpc) is 2.37. The molecule has 4 nitrogen and oxygen atoms in total. The normalized spacial score (nSPS) is 13.1. The molecule has 4 heteroatoms. The molecule has 0 radical (unpaired) electrons. The van der Waals surface area contributed by atoms with Gasteiger partial charge in [0.1, 0.15) is 5.75 Å². The third kappa shape index (κ3) is 6.17. The molecule has 0 aromatic heterocycles. The number of likely N-dealkylation sites (N-methyl/N-ethyl adjacent to an activating group) is 1. The Morgan fingerprint density at radius 1 is 1.24 bits per heavy atom. The van der Waals surface area contributed by atoms with Crippen molar-refractivity contribution in [1.82, 2.24) is 10.2 Å². The number of nitrogens with one attached hydrogen (secondary N) is 1. The zero-order valence-electron chi connectivity index (χ0n) is 14.1. The van der Waals surface area contributed by atoms with Crippen LogP contribution in [0.15, 0.2) is 24.3 Å². The molecule has 1 N–H and O–H groups in total. The number of rotatable bonds is 6. The fourth-order valence-corrected chi connectivity index (χ4v) is 1.84. The molecule has 1 amide bonds. The van der Waals surface area contributed by atoms with E-state index < -0.39 is 6.10 Å². The molecule has 21 heavy (non-hydrogen) atoms. The van der Waals surface area contributed by atoms with Crippen LogP contribution < -0.4 is 10.1 Å². The number of carbonyl (C=O) groups excluding carboxylic acids is 1. The van der Waals surface area contributed by atoms with Gasteiger partial charge in [-0.05, 0) is 44.1 Å². The highest BCUT2D eigenvalue weighted by molar-refractivity contribution is 5.80. The molecule has 0 aliphatic rings. The Hall–Kier alpha value is -1.55. The van der Waals surface area contributed by atoms with Gasteiger partial charge in [-0.25, -0.2) is 0 Å². The Bertz CT molecular complexity index is 447. The molecule has 1 rings (SSSR count). The van der Waals surface area contributed by atoms with E-state index in [2.05, 4.69) is 26.1 Å². The molecule has 0 bridgehead atoms. The summed E-state index contributed by atoms with van der Waals surface area (Å²) in [4.78, 5) is 13.9. The molecule has 1 aromatic rings. The molecule has 118 valence electrons. The standard InChI is InChI=1S/C17H28N2O2/c1-13(16(20)18-11-12-19(5)6)21-15-9-7-14(8-10-15)17(2,3)4/h7-10,13H,11-12H2,1-6H3,(H,18,20)/t13-/m1/s1. The van der Waals surface area contributed by atoms with Crippen LogP contribution in [0.3, 0.4) is 0 Å². The summed E-state index contributed by atoms with van der Waals surface area (Å²) in [5.74, 6) is 0.634. The fraction of sp³-hybridized carbons (Fsp3) is 0.588. The van der Waals surface area contributed by atoms with Crippen molar-refractivity contribution < 1.29 is 9.53 Å². The highest BCUT2D eigenvalue weighted by atomic mass is 16.5. The third-order valence-electron chi connectivity index (χ3n) is 3.26. The first kappa shape index (κ1) is 17.5. The third-order valence-corrected chi connectivity index (χ3v) is 3.26. The minimum Gasteiger partial charge on any atom is -0.481 e. The largest absolute Gasteiger partial charge is 0.481 e. The van der Waals surface area contributed by atoms with Crippen molar-refractivity contribution in [3.63, 3.8) is 0 Å². The Morgan fingerprint density at radius 2 is 1.81 bits per heavy atom. The van der Waals surface area contributed by atoms with Gasteiger partial charge in [0.2, 0.25) is 0 Å². The molecular weight excluding hydrogens is 264 g/mol. The van der Waals surface area contributed by atoms with Crippen LogP contribution in [0.1, 0.15) is 33.3 Å². The number of hydrogen-bond acceptors (Lipinski definition) is 3. The lowest BCUT2D eigenvalue weighted by molar-refractivity contribution is -0.127. The SMILES string of the molecule is C[C@@H](Oc1ccc(C(C)(C)C)cc1)C(=O)NCCN(C)C. The van der Waals surface area contributed by atoms with Gasteiger partial charge < -0.3 is 15.0 Å². The van der Waals surface area contributed by atoms with E-state index in [0.717, 1.165) is 12.3 Å². The lowest BCUT2D eigenvalue weighted by Gasteiger charge is -2.20. The molecule has 0 unspecified atom stereocenters. The van der Waals surface area contributed by atoms with E-state index in [1.165, 1.54) is 5.56 Å². The molecule has 1 atom stereocenters. The van der Waals surface area contributed by atoms with E-state index in [1.54, 1.807) is 6.92 Å². The van der Waals surface area contributed by atoms with Gasteiger partial charge in [-0.1, -0.05) is 32.9 Å². The summed E-state index contributed by atoms with van der Waals surface area (Å²) in [5, 5.41) is 2.86. The Balaban J connectivity index is 2.50. The maximum atomic E-state index is 11.9. The van der Waals surface area contributed by atoms with Crippen LogP contribution >= 0.6 is 0 Å². The summed E-state index contributed by atoms with van der Waals surface area (Å²) in [6.07, 6.45) is -0.493. The molecule has 1 aromatic carbocycles. The number of carbonyl (C=O) groups is 1. The predicted octanol–water partition coefficient (Wildman–Crippen LogP) is 2.43. The van der Waals surface area contributed by atoms with E-state index in [-0.39, 0.29) is 11.3 Å². The van der Waals surface area contributed by atoms with Crippen molar-refractivity contribution in [2.75, 3.05) is 27.2 Å². The maximum Gasteiger partial charge on any atom is 0.260 e. The quantitative estimate of drug-likeness (QED) is 0.875. The van der Waals surface area contributed by atoms with Gasteiger partial charge in [-0.2, -0.15) is 0 Å². The van der Waals surface area contributed by atoms with E-state index in [1.807, 2.05) is 43.3 Å². The van der Waals surface area contributed by atoms with Crippen molar-refractivity contribution in [1.29, 1.82) is 0 Å². The second-order valence-corrected chi connectivity index (χ2v) is 6.63. The molecule has 0 saturated carbocycles. The molecule has 0 aliphatic carbocycles. The van der Waals surface area contributed by atoms with Crippen LogP contribution in [0, 0.1) is 0 Å². The molecule has 0 aliphatic heterocycles. The van der Waals surface area contributed by atoms with Gasteiger partial charge in [0.05, 0.1) is 0 Å². The van der Waals surface area contributed by atoms with Gasteiger partial charge in [0.25, 0.3) is 5.91 Å². The van der Waals surface area contributed by atoms with Gasteiger partial charge in [-0.3, -0.25) is 4.79 Å². The van der Waals surface area contributed by atoms with Crippen LogP contribution in [0.5, 0.6) is 5.75 Å². The minimum atomic E-state index is -0.493. The van der Waals surface area contributed by atoms with Gasteiger partial charge >= 0.3 is 0 Å². The molecule has 0 heterocycles. The van der Waals surface area contributed by atoms with E-state index >= 15 is 0 Å². The number of hydrogen-bond donors (Lipinski definition) is 1. The number of nitrogens with zero attached hydrogens (tertiary/aromatic N) is 1. The van der Waals surface area contributed by atoms with Crippen LogP contribution in [0.25, 0.3) is 0 Å². The maximum absolute atomic E-state index is 11.9. The minimum absolute atomic E-state index is 0.0863. The number of amides is 1. The summed E-state index contributed by atoms with van der Waals surface area (Å²) >= 11 is 0. The second kappa shape index (κ2) is 7.46. The highest BCUT2D eigenvalue weighted by Gasteiger charge is 2.16. The zero-order valence-corrected chi connectivity index (χ0v) is 14.1. The monoisotopic (exact) mass is 292 g/mol. The van der Waals surface area contributed by atoms with Crippen molar-refractivity contribution in [2.24, 2.45) is 0 Å². The summed E-state index contributed by atoms with van der Waals surface area (Å²) in [6.45, 7) is 9.72. The first-order chi connectivity index (χ1) is 9.70. The lowest BCUT2D eigenvalue weighted by atomic mass is 9.87. The molecular formula is C17H28N2O2. The zero-order chi connectivity index (χ0) is 16.0. The van der Waals surface area contributed by atoms with Gasteiger partial charge in [0.15, 0.2) is 6.10 Å². The fourth-order valence-electron chi connectivity index (χ4n) is 1.84. The van der Waals surface area contributed by atoms with E-state index in [4.69, 9.17) is 4.74 Å². The first-order valence-corrected chi connectivity index (χ1v) is 7.40. The van der Waals surface area contributed by atoms with Crippen LogP contribution in [0.4, 0.5) is 0 Å². The van der Waals surface area contributed by atoms with E-state index in [0.29, 0.717) is 6.54 Å². The summed E-state index contributed by atoms with van der Waals surface area (Å²) in [5.41, 5.74) is 1.37. The Kier molecular flexibility index (Phi) is 6.21. The smallest absolute Gasteiger partial charge is 0.260 e. The number of ether oxygens (including phenoxy) is 1. The van der Waals surface area contributed by atoms with E-state index in [9.17, 15) is 4.79 Å². The van der Waals surface area contributed by atoms with Crippen molar-refractivity contribution >= 4 is 5.91 Å². The van der Waals surface area contributed by atoms with Crippen LogP contribution in [-0.2, 0) is 10.2 Å². The predicted molar refractivity (Wildman–Crippen MR) is 86.8 cm³/mol.